The van der Waals surface area contributed by atoms with E-state index in [9.17, 15) is 4.79 Å². The highest BCUT2D eigenvalue weighted by molar-refractivity contribution is 9.10. The highest BCUT2D eigenvalue weighted by Crippen LogP contribution is 2.36. The Kier molecular flexibility index (Phi) is 8.94. The standard InChI is InChI=1S/C25H27BrN2O3/c1-30-23-15-21(16-27-13-12-19-8-4-2-5-9-19)14-22(26)25(23)31-18-24(29)28-17-20-10-6-3-7-11-20/h2-11,14-15,27H,12-13,16-18H2,1H3,(H,28,29)/p+1. The first-order chi connectivity index (χ1) is 15.2. The van der Waals surface area contributed by atoms with Crippen molar-refractivity contribution < 1.29 is 19.6 Å². The molecule has 1 amide bonds. The van der Waals surface area contributed by atoms with Crippen molar-refractivity contribution in [1.29, 1.82) is 0 Å². The van der Waals surface area contributed by atoms with Crippen LogP contribution in [0.2, 0.25) is 0 Å². The molecule has 0 aromatic heterocycles. The van der Waals surface area contributed by atoms with Gasteiger partial charge in [-0.25, -0.2) is 0 Å². The first-order valence-electron chi connectivity index (χ1n) is 10.3. The number of hydrogen-bond donors (Lipinski definition) is 2. The number of hydrogen-bond acceptors (Lipinski definition) is 3. The molecule has 0 bridgehead atoms. The molecular weight excluding hydrogens is 456 g/mol. The average Bonchev–Trinajstić information content (AvgIpc) is 2.81. The van der Waals surface area contributed by atoms with Gasteiger partial charge in [0.15, 0.2) is 18.1 Å². The number of quaternary nitrogens is 1. The van der Waals surface area contributed by atoms with Crippen LogP contribution in [0.4, 0.5) is 0 Å². The largest absolute Gasteiger partial charge is 0.493 e. The normalized spacial score (nSPS) is 10.5. The summed E-state index contributed by atoms with van der Waals surface area (Å²) < 4.78 is 12.0. The number of halogens is 1. The molecule has 0 aliphatic rings. The van der Waals surface area contributed by atoms with Gasteiger partial charge in [0.1, 0.15) is 6.54 Å². The van der Waals surface area contributed by atoms with Crippen LogP contribution in [0.1, 0.15) is 16.7 Å². The van der Waals surface area contributed by atoms with Crippen LogP contribution < -0.4 is 20.1 Å². The molecule has 162 valence electrons. The second kappa shape index (κ2) is 12.1. The van der Waals surface area contributed by atoms with E-state index in [2.05, 4.69) is 50.8 Å². The summed E-state index contributed by atoms with van der Waals surface area (Å²) >= 11 is 3.56. The molecule has 0 saturated carbocycles. The van der Waals surface area contributed by atoms with Gasteiger partial charge in [0, 0.05) is 18.5 Å². The molecule has 6 heteroatoms. The van der Waals surface area contributed by atoms with Crippen molar-refractivity contribution in [3.63, 3.8) is 0 Å². The molecule has 0 unspecified atom stereocenters. The third kappa shape index (κ3) is 7.42. The minimum Gasteiger partial charge on any atom is -0.493 e. The zero-order valence-electron chi connectivity index (χ0n) is 17.6. The van der Waals surface area contributed by atoms with Crippen molar-refractivity contribution >= 4 is 21.8 Å². The van der Waals surface area contributed by atoms with E-state index in [0.717, 1.165) is 35.1 Å². The quantitative estimate of drug-likeness (QED) is 0.410. The molecule has 0 saturated heterocycles. The minimum atomic E-state index is -0.184. The van der Waals surface area contributed by atoms with Gasteiger partial charge in [0.05, 0.1) is 18.1 Å². The van der Waals surface area contributed by atoms with Crippen molar-refractivity contribution in [1.82, 2.24) is 5.32 Å². The third-order valence-electron chi connectivity index (χ3n) is 4.83. The topological polar surface area (TPSA) is 64.2 Å². The van der Waals surface area contributed by atoms with Crippen LogP contribution >= 0.6 is 15.9 Å². The van der Waals surface area contributed by atoms with Gasteiger partial charge < -0.3 is 20.1 Å². The maximum atomic E-state index is 12.2. The molecule has 0 aliphatic heterocycles. The Hall–Kier alpha value is -2.83. The molecule has 3 N–H and O–H groups in total. The maximum Gasteiger partial charge on any atom is 0.258 e. The van der Waals surface area contributed by atoms with Crippen molar-refractivity contribution in [2.75, 3.05) is 20.3 Å². The summed E-state index contributed by atoms with van der Waals surface area (Å²) in [6, 6.07) is 24.2. The second-order valence-electron chi connectivity index (χ2n) is 7.18. The zero-order chi connectivity index (χ0) is 21.9. The van der Waals surface area contributed by atoms with Gasteiger partial charge in [-0.1, -0.05) is 60.7 Å². The van der Waals surface area contributed by atoms with E-state index in [-0.39, 0.29) is 12.5 Å². The fourth-order valence-corrected chi connectivity index (χ4v) is 3.80. The van der Waals surface area contributed by atoms with E-state index in [1.54, 1.807) is 7.11 Å². The first-order valence-corrected chi connectivity index (χ1v) is 11.1. The van der Waals surface area contributed by atoms with Crippen molar-refractivity contribution in [3.8, 4) is 11.5 Å². The Bertz CT molecular complexity index is 965. The summed E-state index contributed by atoms with van der Waals surface area (Å²) in [7, 11) is 1.60. The number of rotatable bonds is 11. The zero-order valence-corrected chi connectivity index (χ0v) is 19.2. The number of carbonyl (C=O) groups excluding carboxylic acids is 1. The van der Waals surface area contributed by atoms with Crippen molar-refractivity contribution in [2.45, 2.75) is 19.5 Å². The number of carbonyl (C=O) groups is 1. The van der Waals surface area contributed by atoms with Gasteiger partial charge in [-0.3, -0.25) is 4.79 Å². The summed E-state index contributed by atoms with van der Waals surface area (Å²) in [4.78, 5) is 12.2. The number of nitrogens with two attached hydrogens (primary N) is 1. The number of amides is 1. The van der Waals surface area contributed by atoms with Gasteiger partial charge in [-0.15, -0.1) is 0 Å². The molecule has 0 aliphatic carbocycles. The molecule has 3 aromatic carbocycles. The van der Waals surface area contributed by atoms with E-state index in [1.807, 2.05) is 48.5 Å². The molecule has 3 aromatic rings. The van der Waals surface area contributed by atoms with Gasteiger partial charge in [0.25, 0.3) is 5.91 Å². The fraction of sp³-hybridized carbons (Fsp3) is 0.240. The van der Waals surface area contributed by atoms with Gasteiger partial charge in [-0.2, -0.15) is 0 Å². The molecular formula is C25H28BrN2O3+. The Labute approximate surface area is 191 Å². The van der Waals surface area contributed by atoms with E-state index in [1.165, 1.54) is 5.56 Å². The minimum absolute atomic E-state index is 0.0790. The number of ether oxygens (including phenoxy) is 2. The highest BCUT2D eigenvalue weighted by Gasteiger charge is 2.14. The summed E-state index contributed by atoms with van der Waals surface area (Å²) in [5.74, 6) is 0.957. The molecule has 5 nitrogen and oxygen atoms in total. The number of nitrogens with one attached hydrogen (secondary N) is 1. The molecule has 31 heavy (non-hydrogen) atoms. The van der Waals surface area contributed by atoms with Crippen LogP contribution in [0.3, 0.4) is 0 Å². The molecule has 0 spiro atoms. The van der Waals surface area contributed by atoms with Gasteiger partial charge in [0.2, 0.25) is 0 Å². The Morgan fingerprint density at radius 2 is 1.65 bits per heavy atom. The van der Waals surface area contributed by atoms with E-state index < -0.39 is 0 Å². The van der Waals surface area contributed by atoms with Crippen LogP contribution in [0.15, 0.2) is 77.3 Å². The average molecular weight is 484 g/mol. The summed E-state index contributed by atoms with van der Waals surface area (Å²) in [6.07, 6.45) is 1.03. The summed E-state index contributed by atoms with van der Waals surface area (Å²) in [5.41, 5.74) is 3.51. The highest BCUT2D eigenvalue weighted by atomic mass is 79.9. The molecule has 0 atom stereocenters. The van der Waals surface area contributed by atoms with Gasteiger partial charge >= 0.3 is 0 Å². The Balaban J connectivity index is 1.49. The smallest absolute Gasteiger partial charge is 0.258 e. The summed E-state index contributed by atoms with van der Waals surface area (Å²) in [6.45, 7) is 2.23. The SMILES string of the molecule is COc1cc(C[NH2+]CCc2ccccc2)cc(Br)c1OCC(=O)NCc1ccccc1. The van der Waals surface area contributed by atoms with E-state index in [0.29, 0.717) is 18.0 Å². The first kappa shape index (κ1) is 22.8. The predicted molar refractivity (Wildman–Crippen MR) is 125 cm³/mol. The number of methoxy groups -OCH3 is 1. The van der Waals surface area contributed by atoms with E-state index >= 15 is 0 Å². The molecule has 0 radical (unpaired) electrons. The Morgan fingerprint density at radius 1 is 0.968 bits per heavy atom. The lowest BCUT2D eigenvalue weighted by atomic mass is 10.1. The maximum absolute atomic E-state index is 12.2. The van der Waals surface area contributed by atoms with Crippen LogP contribution in [0.25, 0.3) is 0 Å². The number of benzene rings is 3. The Morgan fingerprint density at radius 3 is 2.32 bits per heavy atom. The predicted octanol–water partition coefficient (Wildman–Crippen LogP) is 3.46. The lowest BCUT2D eigenvalue weighted by Gasteiger charge is -2.14. The van der Waals surface area contributed by atoms with Crippen molar-refractivity contribution in [3.05, 3.63) is 94.0 Å². The molecule has 3 rings (SSSR count). The van der Waals surface area contributed by atoms with Crippen LogP contribution in [-0.4, -0.2) is 26.2 Å². The van der Waals surface area contributed by atoms with Crippen LogP contribution in [0, 0.1) is 0 Å². The molecule has 0 heterocycles. The lowest BCUT2D eigenvalue weighted by Crippen LogP contribution is -2.83. The third-order valence-corrected chi connectivity index (χ3v) is 5.42. The van der Waals surface area contributed by atoms with Gasteiger partial charge in [-0.05, 0) is 39.2 Å². The van der Waals surface area contributed by atoms with Crippen LogP contribution in [0.5, 0.6) is 11.5 Å². The monoisotopic (exact) mass is 483 g/mol. The van der Waals surface area contributed by atoms with Crippen LogP contribution in [-0.2, 0) is 24.3 Å². The molecule has 0 fully saturated rings. The summed E-state index contributed by atoms with van der Waals surface area (Å²) in [5, 5.41) is 5.13. The van der Waals surface area contributed by atoms with Crippen molar-refractivity contribution in [2.24, 2.45) is 0 Å². The fourth-order valence-electron chi connectivity index (χ4n) is 3.20. The van der Waals surface area contributed by atoms with E-state index in [4.69, 9.17) is 9.47 Å². The lowest BCUT2D eigenvalue weighted by molar-refractivity contribution is -0.670. The second-order valence-corrected chi connectivity index (χ2v) is 8.03.